The minimum atomic E-state index is 0. The Morgan fingerprint density at radius 2 is 1.61 bits per heavy atom. The van der Waals surface area contributed by atoms with Crippen LogP contribution in [0.25, 0.3) is 10.9 Å². The molecular weight excluding hydrogens is 402 g/mol. The van der Waals surface area contributed by atoms with Gasteiger partial charge in [-0.2, -0.15) is 0 Å². The summed E-state index contributed by atoms with van der Waals surface area (Å²) in [4.78, 5) is 0. The van der Waals surface area contributed by atoms with E-state index in [1.807, 2.05) is 0 Å². The molecule has 1 atom stereocenters. The lowest BCUT2D eigenvalue weighted by molar-refractivity contribution is 0.373. The first-order chi connectivity index (χ1) is 14.8. The maximum absolute atomic E-state index is 5.65. The Kier molecular flexibility index (Phi) is 15.0. The van der Waals surface area contributed by atoms with Crippen LogP contribution in [0, 0.1) is 5.92 Å². The number of fused-ring (bicyclic) bond motifs is 1. The number of hydrogen-bond acceptors (Lipinski definition) is 2. The monoisotopic (exact) mass is 449 g/mol. The summed E-state index contributed by atoms with van der Waals surface area (Å²) in [6.45, 7) is 11.0. The van der Waals surface area contributed by atoms with E-state index in [1.54, 1.807) is 5.56 Å². The molecule has 1 heterocycles. The summed E-state index contributed by atoms with van der Waals surface area (Å²) >= 11 is 0. The van der Waals surface area contributed by atoms with Crippen LogP contribution in [-0.2, 0) is 6.54 Å². The Morgan fingerprint density at radius 3 is 2.32 bits per heavy atom. The molecule has 2 aromatic rings. The van der Waals surface area contributed by atoms with Gasteiger partial charge in [0.2, 0.25) is 0 Å². The zero-order valence-electron chi connectivity index (χ0n) is 20.4. The van der Waals surface area contributed by atoms with Crippen LogP contribution in [-0.4, -0.2) is 24.2 Å². The van der Waals surface area contributed by atoms with Crippen LogP contribution in [0.2, 0.25) is 0 Å². The fraction of sp³-hybridized carbons (Fsp3) is 0.704. The number of nitrogens with two attached hydrogens (primary N) is 1. The van der Waals surface area contributed by atoms with Gasteiger partial charge in [-0.05, 0) is 62.4 Å². The molecule has 0 aliphatic carbocycles. The zero-order chi connectivity index (χ0) is 21.6. The van der Waals surface area contributed by atoms with Gasteiger partial charge in [-0.3, -0.25) is 0 Å². The molecule has 0 amide bonds. The van der Waals surface area contributed by atoms with Gasteiger partial charge in [-0.1, -0.05) is 83.9 Å². The van der Waals surface area contributed by atoms with Crippen molar-refractivity contribution >= 4 is 23.3 Å². The van der Waals surface area contributed by atoms with Crippen molar-refractivity contribution in [2.45, 2.75) is 97.4 Å². The summed E-state index contributed by atoms with van der Waals surface area (Å²) in [7, 11) is 0. The van der Waals surface area contributed by atoms with E-state index in [9.17, 15) is 0 Å². The summed E-state index contributed by atoms with van der Waals surface area (Å²) in [5.74, 6) is 1.37. The van der Waals surface area contributed by atoms with E-state index in [0.717, 1.165) is 38.5 Å². The molecule has 0 saturated heterocycles. The third-order valence-corrected chi connectivity index (χ3v) is 6.78. The number of aryl methyl sites for hydroxylation is 1. The maximum Gasteiger partial charge on any atom is 0.0483 e. The quantitative estimate of drug-likeness (QED) is 0.249. The number of nitrogens with zero attached hydrogens (tertiary/aromatic N) is 1. The molecule has 0 saturated carbocycles. The number of unbranched alkanes of at least 4 members (excludes halogenated alkanes) is 5. The highest BCUT2D eigenvalue weighted by Gasteiger charge is 2.24. The average molecular weight is 450 g/mol. The van der Waals surface area contributed by atoms with Gasteiger partial charge < -0.3 is 15.6 Å². The highest BCUT2D eigenvalue weighted by atomic mass is 35.5. The third kappa shape index (κ3) is 8.79. The number of para-hydroxylation sites is 1. The predicted octanol–water partition coefficient (Wildman–Crippen LogP) is 7.27. The van der Waals surface area contributed by atoms with E-state index in [0.29, 0.717) is 5.92 Å². The predicted molar refractivity (Wildman–Crippen MR) is 141 cm³/mol. The van der Waals surface area contributed by atoms with Crippen molar-refractivity contribution in [2.75, 3.05) is 19.6 Å². The molecule has 4 heteroatoms. The van der Waals surface area contributed by atoms with Crippen molar-refractivity contribution in [3.63, 3.8) is 0 Å². The van der Waals surface area contributed by atoms with Gasteiger partial charge >= 0.3 is 0 Å². The first-order valence-corrected chi connectivity index (χ1v) is 12.7. The summed E-state index contributed by atoms with van der Waals surface area (Å²) in [5.41, 5.74) is 8.65. The Labute approximate surface area is 198 Å². The molecule has 1 aromatic carbocycles. The summed E-state index contributed by atoms with van der Waals surface area (Å²) in [6.07, 6.45) is 15.4. The maximum atomic E-state index is 5.65. The number of halogens is 1. The molecule has 0 aliphatic rings. The van der Waals surface area contributed by atoms with Crippen LogP contribution in [0.5, 0.6) is 0 Å². The first-order valence-electron chi connectivity index (χ1n) is 12.7. The van der Waals surface area contributed by atoms with E-state index >= 15 is 0 Å². The highest BCUT2D eigenvalue weighted by molar-refractivity contribution is 5.85. The van der Waals surface area contributed by atoms with Crippen LogP contribution >= 0.6 is 12.4 Å². The second-order valence-corrected chi connectivity index (χ2v) is 8.93. The summed E-state index contributed by atoms with van der Waals surface area (Å²) in [6, 6.07) is 9.08. The topological polar surface area (TPSA) is 43.0 Å². The summed E-state index contributed by atoms with van der Waals surface area (Å²) in [5, 5.41) is 5.09. The summed E-state index contributed by atoms with van der Waals surface area (Å²) < 4.78 is 2.54. The minimum absolute atomic E-state index is 0. The first kappa shape index (κ1) is 28.0. The Morgan fingerprint density at radius 1 is 0.903 bits per heavy atom. The van der Waals surface area contributed by atoms with E-state index < -0.39 is 0 Å². The molecule has 1 unspecified atom stereocenters. The van der Waals surface area contributed by atoms with Crippen molar-refractivity contribution in [1.82, 2.24) is 9.88 Å². The number of benzene rings is 1. The molecule has 3 nitrogen and oxygen atoms in total. The average Bonchev–Trinajstić information content (AvgIpc) is 3.14. The van der Waals surface area contributed by atoms with Gasteiger partial charge in [-0.25, -0.2) is 0 Å². The molecule has 0 radical (unpaired) electrons. The fourth-order valence-electron chi connectivity index (χ4n) is 4.93. The lowest BCUT2D eigenvalue weighted by Crippen LogP contribution is -2.23. The largest absolute Gasteiger partial charge is 0.347 e. The Balaban J connectivity index is 0.00000480. The number of nitrogens with one attached hydrogen (secondary N) is 1. The highest BCUT2D eigenvalue weighted by Crippen LogP contribution is 2.37. The van der Waals surface area contributed by atoms with E-state index in [4.69, 9.17) is 5.73 Å². The molecule has 0 fully saturated rings. The van der Waals surface area contributed by atoms with Gasteiger partial charge in [0, 0.05) is 23.6 Å². The standard InChI is InChI=1S/C27H47N3.ClH/c1-4-7-8-9-10-13-21-30-22-26(25-15-11-12-16-27(25)30)24(23(5-2)6-3)17-20-29-19-14-18-28;/h11-12,15-16,22-24,29H,4-10,13-14,17-21,28H2,1-3H3;1H. The van der Waals surface area contributed by atoms with E-state index in [-0.39, 0.29) is 12.4 Å². The smallest absolute Gasteiger partial charge is 0.0483 e. The molecular formula is C27H48ClN3. The SMILES string of the molecule is CCCCCCCCn1cc(C(CCNCCCN)C(CC)CC)c2ccccc21.Cl. The van der Waals surface area contributed by atoms with Crippen LogP contribution in [0.1, 0.15) is 96.5 Å². The molecule has 0 spiro atoms. The van der Waals surface area contributed by atoms with Crippen LogP contribution in [0.4, 0.5) is 0 Å². The Hall–Kier alpha value is -1.03. The normalized spacial score (nSPS) is 12.4. The van der Waals surface area contributed by atoms with Crippen molar-refractivity contribution in [3.05, 3.63) is 36.0 Å². The van der Waals surface area contributed by atoms with E-state index in [1.165, 1.54) is 68.7 Å². The molecule has 0 aliphatic heterocycles. The van der Waals surface area contributed by atoms with E-state index in [2.05, 4.69) is 61.1 Å². The van der Waals surface area contributed by atoms with Crippen molar-refractivity contribution < 1.29 is 0 Å². The number of aromatic nitrogens is 1. The van der Waals surface area contributed by atoms with Gasteiger partial charge in [0.1, 0.15) is 0 Å². The molecule has 0 bridgehead atoms. The number of rotatable bonds is 17. The Bertz CT molecular complexity index is 693. The van der Waals surface area contributed by atoms with Crippen LogP contribution < -0.4 is 11.1 Å². The fourth-order valence-corrected chi connectivity index (χ4v) is 4.93. The zero-order valence-corrected chi connectivity index (χ0v) is 21.2. The van der Waals surface area contributed by atoms with Crippen molar-refractivity contribution in [3.8, 4) is 0 Å². The van der Waals surface area contributed by atoms with Crippen LogP contribution in [0.15, 0.2) is 30.5 Å². The second-order valence-electron chi connectivity index (χ2n) is 8.93. The molecule has 3 N–H and O–H groups in total. The van der Waals surface area contributed by atoms with Gasteiger partial charge in [0.25, 0.3) is 0 Å². The molecule has 2 rings (SSSR count). The second kappa shape index (κ2) is 16.6. The third-order valence-electron chi connectivity index (χ3n) is 6.78. The lowest BCUT2D eigenvalue weighted by Gasteiger charge is -2.25. The van der Waals surface area contributed by atoms with Crippen molar-refractivity contribution in [1.29, 1.82) is 0 Å². The van der Waals surface area contributed by atoms with Gasteiger partial charge in [0.05, 0.1) is 0 Å². The molecule has 178 valence electrons. The van der Waals surface area contributed by atoms with Gasteiger partial charge in [-0.15, -0.1) is 12.4 Å². The minimum Gasteiger partial charge on any atom is -0.347 e. The van der Waals surface area contributed by atoms with Crippen molar-refractivity contribution in [2.24, 2.45) is 11.7 Å². The van der Waals surface area contributed by atoms with Crippen LogP contribution in [0.3, 0.4) is 0 Å². The van der Waals surface area contributed by atoms with Gasteiger partial charge in [0.15, 0.2) is 0 Å². The lowest BCUT2D eigenvalue weighted by atomic mass is 9.80. The molecule has 1 aromatic heterocycles. The molecule has 31 heavy (non-hydrogen) atoms. The number of hydrogen-bond donors (Lipinski definition) is 2.